The summed E-state index contributed by atoms with van der Waals surface area (Å²) in [5, 5.41) is 2.20. The van der Waals surface area contributed by atoms with Crippen molar-refractivity contribution in [1.29, 1.82) is 0 Å². The summed E-state index contributed by atoms with van der Waals surface area (Å²) in [5.41, 5.74) is -1.05. The summed E-state index contributed by atoms with van der Waals surface area (Å²) in [4.78, 5) is 14.5. The number of aromatic nitrogens is 1. The molecule has 0 aliphatic rings. The van der Waals surface area contributed by atoms with E-state index in [0.29, 0.717) is 0 Å². The first-order valence-corrected chi connectivity index (χ1v) is 3.83. The van der Waals surface area contributed by atoms with Crippen molar-refractivity contribution in [3.05, 3.63) is 24.0 Å². The summed E-state index contributed by atoms with van der Waals surface area (Å²) in [6.45, 7) is -5.08. The molecule has 0 saturated carbocycles. The van der Waals surface area contributed by atoms with E-state index in [4.69, 9.17) is 0 Å². The topological polar surface area (TPSA) is 42.0 Å². The van der Waals surface area contributed by atoms with Crippen molar-refractivity contribution in [3.8, 4) is 0 Å². The van der Waals surface area contributed by atoms with Crippen molar-refractivity contribution >= 4 is 18.3 Å². The van der Waals surface area contributed by atoms with E-state index in [9.17, 15) is 17.7 Å². The van der Waals surface area contributed by atoms with Gasteiger partial charge in [0.15, 0.2) is 0 Å². The van der Waals surface area contributed by atoms with Gasteiger partial charge < -0.3 is 18.3 Å². The molecule has 0 radical (unpaired) electrons. The van der Waals surface area contributed by atoms with Gasteiger partial charge in [0.25, 0.3) is 5.91 Å². The fourth-order valence-corrected chi connectivity index (χ4v) is 0.903. The predicted molar refractivity (Wildman–Crippen MR) is 46.3 cm³/mol. The second kappa shape index (κ2) is 6.00. The molecule has 0 aliphatic carbocycles. The predicted octanol–water partition coefficient (Wildman–Crippen LogP) is -2.50. The van der Waals surface area contributed by atoms with Gasteiger partial charge in [-0.2, -0.15) is 0 Å². The first kappa shape index (κ1) is 15.1. The number of nitrogens with one attached hydrogen (secondary N) is 1. The Hall–Kier alpha value is 0.111. The maximum Gasteiger partial charge on any atom is 1.00 e. The van der Waals surface area contributed by atoms with Crippen LogP contribution in [0.15, 0.2) is 18.3 Å². The molecule has 0 bridgehead atoms. The van der Waals surface area contributed by atoms with Gasteiger partial charge in [-0.15, -0.1) is 5.46 Å². The quantitative estimate of drug-likeness (QED) is 0.582. The molecule has 1 N–H and O–H groups in total. The Morgan fingerprint density at radius 2 is 2.07 bits per heavy atom. The van der Waals surface area contributed by atoms with Crippen molar-refractivity contribution in [2.24, 2.45) is 0 Å². The van der Waals surface area contributed by atoms with E-state index in [-0.39, 0.29) is 57.1 Å². The van der Waals surface area contributed by atoms with E-state index in [1.807, 2.05) is 0 Å². The third-order valence-corrected chi connectivity index (χ3v) is 1.62. The minimum atomic E-state index is -5.08. The Bertz CT molecular complexity index is 358. The fourth-order valence-electron chi connectivity index (χ4n) is 0.903. The van der Waals surface area contributed by atoms with E-state index in [2.05, 4.69) is 10.3 Å². The van der Waals surface area contributed by atoms with Crippen LogP contribution in [-0.4, -0.2) is 24.9 Å². The molecular weight excluding hydrogens is 235 g/mol. The number of carbonyl (C=O) groups is 1. The summed E-state index contributed by atoms with van der Waals surface area (Å²) in [5.74, 6) is -0.633. The number of carbonyl (C=O) groups excluding carboxylic acids is 1. The van der Waals surface area contributed by atoms with E-state index in [1.54, 1.807) is 0 Å². The Morgan fingerprint density at radius 1 is 1.47 bits per heavy atom. The minimum absolute atomic E-state index is 0. The van der Waals surface area contributed by atoms with Gasteiger partial charge in [-0.3, -0.25) is 9.78 Å². The first-order valence-electron chi connectivity index (χ1n) is 3.83. The van der Waals surface area contributed by atoms with Crippen LogP contribution >= 0.6 is 0 Å². The fraction of sp³-hybridized carbons (Fsp3) is 0.143. The molecule has 3 nitrogen and oxygen atoms in total. The van der Waals surface area contributed by atoms with E-state index < -0.39 is 18.3 Å². The third kappa shape index (κ3) is 4.23. The number of nitrogens with zero attached hydrogens (tertiary/aromatic N) is 1. The van der Waals surface area contributed by atoms with Crippen LogP contribution in [0.5, 0.6) is 0 Å². The van der Waals surface area contributed by atoms with Crippen LogP contribution < -0.4 is 62.2 Å². The summed E-state index contributed by atoms with van der Waals surface area (Å²) in [7, 11) is 1.33. The zero-order valence-corrected chi connectivity index (χ0v) is 11.4. The van der Waals surface area contributed by atoms with Crippen molar-refractivity contribution in [2.75, 3.05) is 7.05 Å². The molecule has 76 valence electrons. The molecule has 0 aromatic carbocycles. The molecule has 1 rings (SSSR count). The van der Waals surface area contributed by atoms with Gasteiger partial charge in [0.05, 0.1) is 0 Å². The van der Waals surface area contributed by atoms with Gasteiger partial charge >= 0.3 is 58.4 Å². The maximum absolute atomic E-state index is 12.2. The van der Waals surface area contributed by atoms with E-state index in [0.717, 1.165) is 18.3 Å². The summed E-state index contributed by atoms with van der Waals surface area (Å²) in [6.07, 6.45) is 0.967. The van der Waals surface area contributed by atoms with Crippen molar-refractivity contribution in [3.63, 3.8) is 0 Å². The van der Waals surface area contributed by atoms with Crippen molar-refractivity contribution < 1.29 is 69.1 Å². The number of hydrogen-bond acceptors (Lipinski definition) is 2. The van der Waals surface area contributed by atoms with Crippen LogP contribution in [0, 0.1) is 0 Å². The number of pyridine rings is 1. The summed E-state index contributed by atoms with van der Waals surface area (Å²) in [6, 6.07) is 1.57. The number of halogens is 3. The first-order chi connectivity index (χ1) is 6.45. The normalized spacial score (nSPS) is 10.4. The molecule has 1 heterocycles. The summed E-state index contributed by atoms with van der Waals surface area (Å²) >= 11 is 0. The average molecular weight is 242 g/mol. The smallest absolute Gasteiger partial charge is 0.445 e. The molecule has 15 heavy (non-hydrogen) atoms. The van der Waals surface area contributed by atoms with Crippen molar-refractivity contribution in [2.45, 2.75) is 0 Å². The second-order valence-electron chi connectivity index (χ2n) is 2.63. The van der Waals surface area contributed by atoms with Crippen LogP contribution in [0.3, 0.4) is 0 Å². The molecule has 0 spiro atoms. The van der Waals surface area contributed by atoms with Crippen LogP contribution in [0.2, 0.25) is 0 Å². The van der Waals surface area contributed by atoms with Crippen LogP contribution in [0.4, 0.5) is 12.9 Å². The van der Waals surface area contributed by atoms with Gasteiger partial charge in [0.2, 0.25) is 0 Å². The van der Waals surface area contributed by atoms with Gasteiger partial charge in [-0.25, -0.2) is 0 Å². The number of rotatable bonds is 2. The maximum atomic E-state index is 12.2. The minimum Gasteiger partial charge on any atom is -0.445 e. The van der Waals surface area contributed by atoms with E-state index in [1.165, 1.54) is 7.05 Å². The molecule has 1 aromatic heterocycles. The van der Waals surface area contributed by atoms with Crippen LogP contribution in [0.25, 0.3) is 0 Å². The van der Waals surface area contributed by atoms with E-state index >= 15 is 0 Å². The molecule has 1 aromatic rings. The second-order valence-corrected chi connectivity index (χ2v) is 2.63. The average Bonchev–Trinajstić information content (AvgIpc) is 2.15. The Labute approximate surface area is 127 Å². The standard InChI is InChI=1S/C7H7BF3N2O.K/c1-12-7(14)6-4-5(2-3-13-6)8(9,10)11;/h2-4H,1H3,(H,12,14);/q-1;+1. The molecule has 0 unspecified atom stereocenters. The molecule has 8 heteroatoms. The largest absolute Gasteiger partial charge is 1.00 e. The Balaban J connectivity index is 0.00000196. The number of hydrogen-bond donors (Lipinski definition) is 1. The molecule has 0 atom stereocenters. The summed E-state index contributed by atoms with van der Waals surface area (Å²) < 4.78 is 36.7. The molecular formula is C7H7BF3KN2O. The van der Waals surface area contributed by atoms with Crippen molar-refractivity contribution in [1.82, 2.24) is 10.3 Å². The zero-order chi connectivity index (χ0) is 10.8. The Kier molecular flexibility index (Phi) is 6.04. The van der Waals surface area contributed by atoms with Gasteiger partial charge in [-0.05, 0) is 0 Å². The van der Waals surface area contributed by atoms with Gasteiger partial charge in [0, 0.05) is 13.2 Å². The molecule has 1 amide bonds. The molecule has 0 saturated heterocycles. The number of amides is 1. The van der Waals surface area contributed by atoms with Gasteiger partial charge in [-0.1, -0.05) is 12.1 Å². The monoisotopic (exact) mass is 242 g/mol. The van der Waals surface area contributed by atoms with Crippen LogP contribution in [-0.2, 0) is 0 Å². The Morgan fingerprint density at radius 3 is 2.53 bits per heavy atom. The van der Waals surface area contributed by atoms with Gasteiger partial charge in [0.1, 0.15) is 5.69 Å². The SMILES string of the molecule is CNC(=O)c1cc([B-](F)(F)F)ccn1.[K+]. The molecule has 0 fully saturated rings. The third-order valence-electron chi connectivity index (χ3n) is 1.62. The molecule has 0 aliphatic heterocycles. The van der Waals surface area contributed by atoms with Crippen LogP contribution in [0.1, 0.15) is 10.5 Å². The zero-order valence-electron chi connectivity index (χ0n) is 8.30.